The summed E-state index contributed by atoms with van der Waals surface area (Å²) in [5.74, 6) is 0. The minimum Gasteiger partial charge on any atom is -0.396 e. The summed E-state index contributed by atoms with van der Waals surface area (Å²) in [6.45, 7) is 9.05. The maximum absolute atomic E-state index is 9.19. The van der Waals surface area contributed by atoms with E-state index in [-0.39, 0.29) is 10.8 Å². The standard InChI is InChI=1S/C15H26OS/c1-14(2)9-10-17-13(11-14)7-5-6-8-15(3,4)12-16/h9-11,16H,5-8,12H2,1-4H3. The summed E-state index contributed by atoms with van der Waals surface area (Å²) >= 11 is 1.86. The molecule has 0 saturated carbocycles. The zero-order valence-electron chi connectivity index (χ0n) is 11.6. The summed E-state index contributed by atoms with van der Waals surface area (Å²) in [6.07, 6.45) is 9.37. The van der Waals surface area contributed by atoms with Crippen LogP contribution in [-0.4, -0.2) is 11.7 Å². The minimum atomic E-state index is 0.0905. The Morgan fingerprint density at radius 2 is 2.00 bits per heavy atom. The van der Waals surface area contributed by atoms with Crippen molar-refractivity contribution in [2.45, 2.75) is 53.4 Å². The van der Waals surface area contributed by atoms with Gasteiger partial charge in [0.15, 0.2) is 0 Å². The molecule has 1 N–H and O–H groups in total. The van der Waals surface area contributed by atoms with Crippen LogP contribution in [0.25, 0.3) is 0 Å². The Balaban J connectivity index is 2.26. The fourth-order valence-corrected chi connectivity index (χ4v) is 3.13. The van der Waals surface area contributed by atoms with Crippen LogP contribution in [0.2, 0.25) is 0 Å². The quantitative estimate of drug-likeness (QED) is 0.691. The molecule has 0 fully saturated rings. The maximum Gasteiger partial charge on any atom is 0.0482 e. The molecule has 0 aromatic carbocycles. The first-order valence-corrected chi connectivity index (χ1v) is 7.40. The highest BCUT2D eigenvalue weighted by Gasteiger charge is 2.17. The normalized spacial score (nSPS) is 19.2. The molecule has 1 nitrogen and oxygen atoms in total. The van der Waals surface area contributed by atoms with Crippen molar-refractivity contribution < 1.29 is 5.11 Å². The van der Waals surface area contributed by atoms with Crippen LogP contribution >= 0.6 is 11.8 Å². The van der Waals surface area contributed by atoms with Gasteiger partial charge in [-0.25, -0.2) is 0 Å². The first-order valence-electron chi connectivity index (χ1n) is 6.52. The Morgan fingerprint density at radius 1 is 1.29 bits per heavy atom. The number of hydrogen-bond donors (Lipinski definition) is 1. The summed E-state index contributed by atoms with van der Waals surface area (Å²) in [7, 11) is 0. The smallest absolute Gasteiger partial charge is 0.0482 e. The molecular formula is C15H26OS. The number of aliphatic hydroxyl groups is 1. The van der Waals surface area contributed by atoms with Crippen molar-refractivity contribution in [3.63, 3.8) is 0 Å². The molecule has 2 heteroatoms. The molecule has 0 spiro atoms. The lowest BCUT2D eigenvalue weighted by Gasteiger charge is -2.23. The highest BCUT2D eigenvalue weighted by molar-refractivity contribution is 8.05. The van der Waals surface area contributed by atoms with Gasteiger partial charge in [-0.15, -0.1) is 11.8 Å². The van der Waals surface area contributed by atoms with Gasteiger partial charge in [-0.1, -0.05) is 46.3 Å². The fraction of sp³-hybridized carbons (Fsp3) is 0.733. The predicted octanol–water partition coefficient (Wildman–Crippen LogP) is 4.74. The third-order valence-electron chi connectivity index (χ3n) is 3.20. The minimum absolute atomic E-state index is 0.0905. The second-order valence-electron chi connectivity index (χ2n) is 6.38. The molecule has 0 atom stereocenters. The van der Waals surface area contributed by atoms with E-state index < -0.39 is 0 Å². The molecule has 0 saturated heterocycles. The molecule has 1 aliphatic heterocycles. The highest BCUT2D eigenvalue weighted by Crippen LogP contribution is 2.36. The van der Waals surface area contributed by atoms with E-state index in [1.165, 1.54) is 24.2 Å². The van der Waals surface area contributed by atoms with E-state index in [4.69, 9.17) is 0 Å². The van der Waals surface area contributed by atoms with Gasteiger partial charge in [-0.05, 0) is 35.0 Å². The first-order chi connectivity index (χ1) is 7.85. The zero-order valence-corrected chi connectivity index (χ0v) is 12.4. The molecule has 98 valence electrons. The van der Waals surface area contributed by atoms with Crippen LogP contribution in [-0.2, 0) is 0 Å². The van der Waals surface area contributed by atoms with E-state index in [2.05, 4.69) is 45.3 Å². The first kappa shape index (κ1) is 14.8. The molecular weight excluding hydrogens is 228 g/mol. The van der Waals surface area contributed by atoms with Crippen molar-refractivity contribution >= 4 is 11.8 Å². The van der Waals surface area contributed by atoms with Gasteiger partial charge in [0.1, 0.15) is 0 Å². The van der Waals surface area contributed by atoms with Crippen molar-refractivity contribution in [1.29, 1.82) is 0 Å². The van der Waals surface area contributed by atoms with Crippen molar-refractivity contribution in [2.24, 2.45) is 10.8 Å². The van der Waals surface area contributed by atoms with Crippen molar-refractivity contribution in [2.75, 3.05) is 6.61 Å². The predicted molar refractivity (Wildman–Crippen MR) is 77.9 cm³/mol. The number of unbranched alkanes of at least 4 members (excludes halogenated alkanes) is 1. The number of aliphatic hydroxyl groups excluding tert-OH is 1. The highest BCUT2D eigenvalue weighted by atomic mass is 32.2. The fourth-order valence-electron chi connectivity index (χ4n) is 1.91. The Hall–Kier alpha value is -0.210. The van der Waals surface area contributed by atoms with E-state index >= 15 is 0 Å². The molecule has 17 heavy (non-hydrogen) atoms. The molecule has 0 aromatic heterocycles. The maximum atomic E-state index is 9.19. The summed E-state index contributed by atoms with van der Waals surface area (Å²) < 4.78 is 0. The van der Waals surface area contributed by atoms with Gasteiger partial charge in [0.25, 0.3) is 0 Å². The number of allylic oxidation sites excluding steroid dienone is 3. The van der Waals surface area contributed by atoms with Crippen LogP contribution in [0.4, 0.5) is 0 Å². The monoisotopic (exact) mass is 254 g/mol. The Morgan fingerprint density at radius 3 is 2.59 bits per heavy atom. The number of rotatable bonds is 6. The lowest BCUT2D eigenvalue weighted by Crippen LogP contribution is -2.16. The van der Waals surface area contributed by atoms with E-state index in [1.807, 2.05) is 11.8 Å². The number of hydrogen-bond acceptors (Lipinski definition) is 2. The molecule has 0 aliphatic carbocycles. The van der Waals surface area contributed by atoms with Crippen LogP contribution in [0.5, 0.6) is 0 Å². The summed E-state index contributed by atoms with van der Waals surface area (Å²) in [4.78, 5) is 1.50. The Bertz CT molecular complexity index is 300. The Labute approximate surface area is 110 Å². The molecule has 0 aromatic rings. The second-order valence-corrected chi connectivity index (χ2v) is 7.41. The zero-order chi connectivity index (χ0) is 12.9. The van der Waals surface area contributed by atoms with E-state index in [1.54, 1.807) is 0 Å². The third-order valence-corrected chi connectivity index (χ3v) is 4.10. The molecule has 1 rings (SSSR count). The average molecular weight is 254 g/mol. The number of thioether (sulfide) groups is 1. The largest absolute Gasteiger partial charge is 0.396 e. The summed E-state index contributed by atoms with van der Waals surface area (Å²) in [5.41, 5.74) is 0.318. The van der Waals surface area contributed by atoms with Gasteiger partial charge < -0.3 is 5.11 Å². The lowest BCUT2D eigenvalue weighted by molar-refractivity contribution is 0.147. The summed E-state index contributed by atoms with van der Waals surface area (Å²) in [6, 6.07) is 0. The van der Waals surface area contributed by atoms with Crippen molar-refractivity contribution in [3.8, 4) is 0 Å². The van der Waals surface area contributed by atoms with Crippen LogP contribution in [0.3, 0.4) is 0 Å². The van der Waals surface area contributed by atoms with Gasteiger partial charge in [0, 0.05) is 12.0 Å². The third kappa shape index (κ3) is 5.78. The van der Waals surface area contributed by atoms with E-state index in [0.717, 1.165) is 6.42 Å². The van der Waals surface area contributed by atoms with Crippen molar-refractivity contribution in [3.05, 3.63) is 22.5 Å². The molecule has 0 radical (unpaired) electrons. The molecule has 0 bridgehead atoms. The van der Waals surface area contributed by atoms with Gasteiger partial charge in [-0.3, -0.25) is 0 Å². The average Bonchev–Trinajstić information content (AvgIpc) is 2.23. The van der Waals surface area contributed by atoms with Crippen LogP contribution in [0, 0.1) is 10.8 Å². The van der Waals surface area contributed by atoms with Gasteiger partial charge in [0.05, 0.1) is 0 Å². The van der Waals surface area contributed by atoms with Crippen LogP contribution in [0.15, 0.2) is 22.5 Å². The van der Waals surface area contributed by atoms with Gasteiger partial charge >= 0.3 is 0 Å². The molecule has 1 aliphatic rings. The molecule has 1 heterocycles. The van der Waals surface area contributed by atoms with E-state index in [0.29, 0.717) is 6.61 Å². The summed E-state index contributed by atoms with van der Waals surface area (Å²) in [5, 5.41) is 11.4. The molecule has 0 amide bonds. The SMILES string of the molecule is CC1(C)C=CSC(CCCCC(C)(C)CO)=C1. The van der Waals surface area contributed by atoms with Crippen LogP contribution < -0.4 is 0 Å². The van der Waals surface area contributed by atoms with Gasteiger partial charge in [0.2, 0.25) is 0 Å². The van der Waals surface area contributed by atoms with E-state index in [9.17, 15) is 5.11 Å². The lowest BCUT2D eigenvalue weighted by atomic mass is 9.87. The van der Waals surface area contributed by atoms with Crippen molar-refractivity contribution in [1.82, 2.24) is 0 Å². The molecule has 0 unspecified atom stereocenters. The van der Waals surface area contributed by atoms with Crippen LogP contribution in [0.1, 0.15) is 53.4 Å². The Kier molecular flexibility index (Phi) is 5.33. The second kappa shape index (κ2) is 6.10. The van der Waals surface area contributed by atoms with Gasteiger partial charge in [-0.2, -0.15) is 0 Å². The topological polar surface area (TPSA) is 20.2 Å².